The summed E-state index contributed by atoms with van der Waals surface area (Å²) in [6, 6.07) is 5.15. The van der Waals surface area contributed by atoms with E-state index in [1.165, 1.54) is 12.0 Å². The second-order valence-corrected chi connectivity index (χ2v) is 11.9. The van der Waals surface area contributed by atoms with Gasteiger partial charge >= 0.3 is 12.1 Å². The lowest BCUT2D eigenvalue weighted by molar-refractivity contribution is -0.147. The number of alkyl carbamates (subject to hydrolysis) is 1. The first-order valence-corrected chi connectivity index (χ1v) is 15.6. The molecule has 13 heteroatoms. The fraction of sp³-hybridized carbons (Fsp3) is 0.613. The lowest BCUT2D eigenvalue weighted by atomic mass is 10.0. The topological polar surface area (TPSA) is 160 Å². The Morgan fingerprint density at radius 1 is 0.977 bits per heavy atom. The van der Waals surface area contributed by atoms with Crippen molar-refractivity contribution in [3.63, 3.8) is 0 Å². The van der Waals surface area contributed by atoms with E-state index in [0.717, 1.165) is 5.56 Å². The van der Waals surface area contributed by atoms with Crippen LogP contribution in [0.4, 0.5) is 4.79 Å². The van der Waals surface area contributed by atoms with Crippen molar-refractivity contribution in [2.24, 2.45) is 11.8 Å². The monoisotopic (exact) mass is 634 g/mol. The third kappa shape index (κ3) is 11.5. The first kappa shape index (κ1) is 36.6. The van der Waals surface area contributed by atoms with Crippen molar-refractivity contribution in [3.8, 4) is 0 Å². The van der Waals surface area contributed by atoms with Crippen molar-refractivity contribution in [2.45, 2.75) is 90.6 Å². The highest BCUT2D eigenvalue weighted by atomic mass is 32.1. The van der Waals surface area contributed by atoms with Gasteiger partial charge in [0, 0.05) is 18.7 Å². The van der Waals surface area contributed by atoms with Gasteiger partial charge in [0.05, 0.1) is 7.11 Å². The molecule has 0 radical (unpaired) electrons. The Hall–Kier alpha value is -3.61. The summed E-state index contributed by atoms with van der Waals surface area (Å²) in [6.45, 7) is 7.63. The molecule has 1 aromatic carbocycles. The summed E-state index contributed by atoms with van der Waals surface area (Å²) in [5.74, 6) is -2.64. The second-order valence-electron chi connectivity index (χ2n) is 11.6. The minimum absolute atomic E-state index is 0.0178. The third-order valence-electron chi connectivity index (χ3n) is 7.29. The summed E-state index contributed by atoms with van der Waals surface area (Å²) >= 11 is 3.98. The van der Waals surface area contributed by atoms with Gasteiger partial charge in [-0.05, 0) is 43.1 Å². The average Bonchev–Trinajstić information content (AvgIpc) is 3.50. The van der Waals surface area contributed by atoms with E-state index in [1.54, 1.807) is 38.1 Å². The maximum absolute atomic E-state index is 13.8. The Balaban J connectivity index is 2.15. The van der Waals surface area contributed by atoms with Crippen LogP contribution >= 0.6 is 12.6 Å². The van der Waals surface area contributed by atoms with E-state index in [0.29, 0.717) is 25.8 Å². The van der Waals surface area contributed by atoms with Gasteiger partial charge in [0.25, 0.3) is 0 Å². The van der Waals surface area contributed by atoms with Crippen LogP contribution in [-0.2, 0) is 40.1 Å². The Morgan fingerprint density at radius 2 is 1.66 bits per heavy atom. The quantitative estimate of drug-likeness (QED) is 0.159. The fourth-order valence-corrected chi connectivity index (χ4v) is 5.06. The average molecular weight is 635 g/mol. The van der Waals surface area contributed by atoms with E-state index in [9.17, 15) is 28.8 Å². The molecule has 0 aromatic heterocycles. The number of thiol groups is 1. The Bertz CT molecular complexity index is 1150. The van der Waals surface area contributed by atoms with Gasteiger partial charge in [0.2, 0.25) is 17.7 Å². The molecule has 1 aliphatic rings. The normalized spacial score (nSPS) is 16.5. The summed E-state index contributed by atoms with van der Waals surface area (Å²) in [6.07, 6.45) is 0.449. The predicted octanol–water partition coefficient (Wildman–Crippen LogP) is 2.40. The van der Waals surface area contributed by atoms with Gasteiger partial charge in [-0.15, -0.1) is 0 Å². The number of ether oxygens (including phenoxy) is 2. The number of carbonyl (C=O) groups excluding carboxylic acids is 6. The number of Topliss-reactive ketones (excluding diaryl/α,β-unsaturated/α-hetero) is 1. The number of nitrogens with one attached hydrogen (secondary N) is 3. The molecule has 1 saturated heterocycles. The zero-order chi connectivity index (χ0) is 32.8. The van der Waals surface area contributed by atoms with E-state index in [4.69, 9.17) is 9.47 Å². The fourth-order valence-electron chi connectivity index (χ4n) is 4.91. The molecule has 4 atom stereocenters. The van der Waals surface area contributed by atoms with Crippen LogP contribution in [0.3, 0.4) is 0 Å². The van der Waals surface area contributed by atoms with E-state index in [1.807, 2.05) is 19.9 Å². The molecular weight excluding hydrogens is 588 g/mol. The van der Waals surface area contributed by atoms with Crippen LogP contribution in [0.15, 0.2) is 30.3 Å². The number of esters is 1. The molecule has 0 bridgehead atoms. The molecule has 0 saturated carbocycles. The van der Waals surface area contributed by atoms with Crippen LogP contribution in [0.5, 0.6) is 0 Å². The molecular formula is C31H46N4O8S. The molecule has 244 valence electrons. The maximum atomic E-state index is 13.8. The Kier molecular flexibility index (Phi) is 15.2. The van der Waals surface area contributed by atoms with E-state index in [-0.39, 0.29) is 42.8 Å². The highest BCUT2D eigenvalue weighted by Gasteiger charge is 2.40. The number of hydrogen-bond acceptors (Lipinski definition) is 9. The number of carbonyl (C=O) groups is 6. The molecule has 4 amide bonds. The van der Waals surface area contributed by atoms with Crippen molar-refractivity contribution in [3.05, 3.63) is 35.9 Å². The van der Waals surface area contributed by atoms with Crippen LogP contribution in [0.2, 0.25) is 0 Å². The number of methoxy groups -OCH3 is 1. The number of hydrogen-bond donors (Lipinski definition) is 4. The van der Waals surface area contributed by atoms with Gasteiger partial charge in [-0.25, -0.2) is 9.59 Å². The van der Waals surface area contributed by atoms with Crippen LogP contribution in [0.25, 0.3) is 0 Å². The van der Waals surface area contributed by atoms with E-state index in [2.05, 4.69) is 28.6 Å². The van der Waals surface area contributed by atoms with Crippen LogP contribution in [0, 0.1) is 11.8 Å². The lowest BCUT2D eigenvalue weighted by Crippen LogP contribution is -2.59. The third-order valence-corrected chi connectivity index (χ3v) is 7.64. The molecule has 0 unspecified atom stereocenters. The predicted molar refractivity (Wildman–Crippen MR) is 167 cm³/mol. The van der Waals surface area contributed by atoms with Crippen LogP contribution in [0.1, 0.15) is 65.4 Å². The minimum Gasteiger partial charge on any atom is -0.467 e. The summed E-state index contributed by atoms with van der Waals surface area (Å²) in [5.41, 5.74) is 0.755. The molecule has 1 aliphatic heterocycles. The molecule has 12 nitrogen and oxygen atoms in total. The molecule has 1 aromatic rings. The van der Waals surface area contributed by atoms with Gasteiger partial charge < -0.3 is 30.3 Å². The summed E-state index contributed by atoms with van der Waals surface area (Å²) in [7, 11) is 1.25. The number of nitrogens with zero attached hydrogens (tertiary/aromatic N) is 1. The molecule has 3 N–H and O–H groups in total. The van der Waals surface area contributed by atoms with Crippen molar-refractivity contribution < 1.29 is 38.2 Å². The van der Waals surface area contributed by atoms with Gasteiger partial charge in [0.15, 0.2) is 0 Å². The number of benzene rings is 1. The second kappa shape index (κ2) is 18.3. The Morgan fingerprint density at radius 3 is 2.25 bits per heavy atom. The van der Waals surface area contributed by atoms with Crippen LogP contribution in [-0.4, -0.2) is 84.0 Å². The zero-order valence-corrected chi connectivity index (χ0v) is 27.1. The van der Waals surface area contributed by atoms with Crippen molar-refractivity contribution in [1.82, 2.24) is 20.9 Å². The molecule has 1 heterocycles. The number of likely N-dealkylation sites (tertiary alicyclic amines) is 1. The summed E-state index contributed by atoms with van der Waals surface area (Å²) < 4.78 is 10.1. The smallest absolute Gasteiger partial charge is 0.408 e. The van der Waals surface area contributed by atoms with Crippen molar-refractivity contribution >= 4 is 48.2 Å². The van der Waals surface area contributed by atoms with Crippen molar-refractivity contribution in [1.29, 1.82) is 0 Å². The highest BCUT2D eigenvalue weighted by Crippen LogP contribution is 2.21. The van der Waals surface area contributed by atoms with E-state index < -0.39 is 54.0 Å². The SMILES string of the molecule is COC(=O)[C@H](CC(C)C)NC(=O)[C@@H]1CCCN1C(=O)[C@@H](NC(=O)[C@H](CCC(=O)CS)NC(=O)OCc1ccccc1)C(C)C. The molecule has 2 rings (SSSR count). The maximum Gasteiger partial charge on any atom is 0.408 e. The van der Waals surface area contributed by atoms with Gasteiger partial charge in [0.1, 0.15) is 36.6 Å². The molecule has 0 spiro atoms. The lowest BCUT2D eigenvalue weighted by Gasteiger charge is -2.32. The first-order chi connectivity index (χ1) is 20.9. The summed E-state index contributed by atoms with van der Waals surface area (Å²) in [5, 5.41) is 7.98. The Labute approximate surface area is 264 Å². The van der Waals surface area contributed by atoms with Crippen LogP contribution < -0.4 is 16.0 Å². The highest BCUT2D eigenvalue weighted by molar-refractivity contribution is 7.81. The number of rotatable bonds is 16. The standard InChI is InChI=1S/C31H46N4O8S/c1-19(2)16-24(30(40)42-5)32-28(38)25-12-9-15-35(25)29(39)26(20(3)4)34-27(37)23(14-13-22(36)18-44)33-31(41)43-17-21-10-7-6-8-11-21/h6-8,10-11,19-20,23-26,44H,9,12-18H2,1-5H3,(H,32,38)(H,33,41)(H,34,37)/t23-,24-,25-,26-/m0/s1. The molecule has 1 fully saturated rings. The van der Waals surface area contributed by atoms with Crippen molar-refractivity contribution in [2.75, 3.05) is 19.4 Å². The largest absolute Gasteiger partial charge is 0.467 e. The zero-order valence-electron chi connectivity index (χ0n) is 26.2. The number of ketones is 1. The number of amides is 4. The summed E-state index contributed by atoms with van der Waals surface area (Å²) in [4.78, 5) is 78.7. The van der Waals surface area contributed by atoms with Gasteiger partial charge in [-0.1, -0.05) is 58.0 Å². The minimum atomic E-state index is -1.16. The molecule has 0 aliphatic carbocycles. The van der Waals surface area contributed by atoms with Gasteiger partial charge in [-0.3, -0.25) is 19.2 Å². The molecule has 44 heavy (non-hydrogen) atoms. The van der Waals surface area contributed by atoms with Gasteiger partial charge in [-0.2, -0.15) is 12.6 Å². The van der Waals surface area contributed by atoms with E-state index >= 15 is 0 Å². The first-order valence-electron chi connectivity index (χ1n) is 15.0.